The Morgan fingerprint density at radius 2 is 1.97 bits per heavy atom. The normalized spacial score (nSPS) is 10.8. The summed E-state index contributed by atoms with van der Waals surface area (Å²) < 4.78 is 10.4. The Bertz CT molecular complexity index is 1030. The van der Waals surface area contributed by atoms with Crippen LogP contribution < -0.4 is 4.90 Å². The van der Waals surface area contributed by atoms with Crippen LogP contribution in [0.25, 0.3) is 0 Å². The Hall–Kier alpha value is -3.00. The van der Waals surface area contributed by atoms with E-state index in [1.165, 1.54) is 18.3 Å². The van der Waals surface area contributed by atoms with Crippen molar-refractivity contribution < 1.29 is 18.8 Å². The van der Waals surface area contributed by atoms with E-state index in [1.54, 1.807) is 24.1 Å². The van der Waals surface area contributed by atoms with Gasteiger partial charge in [0.05, 0.1) is 23.5 Å². The third-order valence-electron chi connectivity index (χ3n) is 4.75. The van der Waals surface area contributed by atoms with E-state index in [9.17, 15) is 9.59 Å². The molecule has 0 aliphatic rings. The Balaban J connectivity index is 1.71. The van der Waals surface area contributed by atoms with Gasteiger partial charge in [-0.2, -0.15) is 0 Å². The lowest BCUT2D eigenvalue weighted by atomic mass is 10.1. The number of rotatable bonds is 6. The Kier molecular flexibility index (Phi) is 6.12. The van der Waals surface area contributed by atoms with E-state index in [0.717, 1.165) is 22.4 Å². The predicted octanol–water partition coefficient (Wildman–Crippen LogP) is 4.34. The largest absolute Gasteiger partial charge is 0.459 e. The smallest absolute Gasteiger partial charge is 0.310 e. The van der Waals surface area contributed by atoms with Crippen molar-refractivity contribution in [2.24, 2.45) is 0 Å². The van der Waals surface area contributed by atoms with Crippen molar-refractivity contribution in [3.63, 3.8) is 0 Å². The van der Waals surface area contributed by atoms with Crippen molar-refractivity contribution in [2.75, 3.05) is 4.90 Å². The van der Waals surface area contributed by atoms with Gasteiger partial charge >= 0.3 is 5.97 Å². The highest BCUT2D eigenvalue weighted by molar-refractivity contribution is 7.14. The van der Waals surface area contributed by atoms with Crippen LogP contribution in [0.4, 0.5) is 10.8 Å². The fourth-order valence-electron chi connectivity index (χ4n) is 2.95. The van der Waals surface area contributed by atoms with E-state index >= 15 is 0 Å². The zero-order chi connectivity index (χ0) is 21.1. The number of esters is 1. The number of ether oxygens (including phenoxy) is 1. The predicted molar refractivity (Wildman–Crippen MR) is 110 cm³/mol. The fraction of sp³-hybridized carbons (Fsp3) is 0.333. The van der Waals surface area contributed by atoms with Gasteiger partial charge in [0.1, 0.15) is 12.4 Å². The third-order valence-corrected chi connectivity index (χ3v) is 5.62. The number of aryl methyl sites for hydroxylation is 3. The van der Waals surface area contributed by atoms with Gasteiger partial charge in [-0.25, -0.2) is 4.98 Å². The number of carbonyl (C=O) groups excluding carboxylic acids is 2. The summed E-state index contributed by atoms with van der Waals surface area (Å²) in [5.41, 5.74) is 4.93. The molecule has 7 nitrogen and oxygen atoms in total. The maximum Gasteiger partial charge on any atom is 0.310 e. The number of aromatic nitrogens is 2. The van der Waals surface area contributed by atoms with Gasteiger partial charge in [0.15, 0.2) is 5.13 Å². The average molecular weight is 413 g/mol. The highest BCUT2D eigenvalue weighted by Gasteiger charge is 2.21. The molecule has 1 aromatic carbocycles. The van der Waals surface area contributed by atoms with Crippen LogP contribution in [-0.2, 0) is 27.4 Å². The van der Waals surface area contributed by atoms with Gasteiger partial charge in [0.25, 0.3) is 0 Å². The first-order valence-corrected chi connectivity index (χ1v) is 10.0. The van der Waals surface area contributed by atoms with Crippen molar-refractivity contribution in [2.45, 2.75) is 47.6 Å². The summed E-state index contributed by atoms with van der Waals surface area (Å²) >= 11 is 1.33. The summed E-state index contributed by atoms with van der Waals surface area (Å²) in [4.78, 5) is 30.6. The van der Waals surface area contributed by atoms with Crippen LogP contribution >= 0.6 is 11.3 Å². The fourth-order valence-corrected chi connectivity index (χ4v) is 3.82. The highest BCUT2D eigenvalue weighted by Crippen LogP contribution is 2.32. The first-order chi connectivity index (χ1) is 13.8. The molecule has 0 saturated carbocycles. The summed E-state index contributed by atoms with van der Waals surface area (Å²) in [6.07, 6.45) is 0.0974. The highest BCUT2D eigenvalue weighted by atomic mass is 32.1. The first-order valence-electron chi connectivity index (χ1n) is 9.16. The quantitative estimate of drug-likeness (QED) is 0.559. The number of thiazole rings is 1. The van der Waals surface area contributed by atoms with E-state index < -0.39 is 0 Å². The lowest BCUT2D eigenvalue weighted by molar-refractivity contribution is -0.144. The Morgan fingerprint density at radius 3 is 2.62 bits per heavy atom. The molecule has 29 heavy (non-hydrogen) atoms. The molecule has 0 radical (unpaired) electrons. The number of nitrogens with zero attached hydrogens (tertiary/aromatic N) is 3. The molecule has 2 heterocycles. The molecule has 0 unspecified atom stereocenters. The molecule has 0 fully saturated rings. The monoisotopic (exact) mass is 413 g/mol. The van der Waals surface area contributed by atoms with Crippen molar-refractivity contribution in [3.05, 3.63) is 57.4 Å². The average Bonchev–Trinajstić information content (AvgIpc) is 3.25. The summed E-state index contributed by atoms with van der Waals surface area (Å²) in [6.45, 7) is 9.08. The van der Waals surface area contributed by atoms with E-state index in [1.807, 2.05) is 32.0 Å². The van der Waals surface area contributed by atoms with E-state index in [4.69, 9.17) is 9.26 Å². The lowest BCUT2D eigenvalue weighted by Gasteiger charge is -2.21. The summed E-state index contributed by atoms with van der Waals surface area (Å²) in [5.74, 6) is 0.0999. The first kappa shape index (κ1) is 20.7. The zero-order valence-electron chi connectivity index (χ0n) is 17.1. The van der Waals surface area contributed by atoms with Gasteiger partial charge in [-0.1, -0.05) is 17.3 Å². The molecule has 3 rings (SSSR count). The summed E-state index contributed by atoms with van der Waals surface area (Å²) in [7, 11) is 0. The number of hydrogen-bond acceptors (Lipinski definition) is 7. The van der Waals surface area contributed by atoms with E-state index in [2.05, 4.69) is 10.1 Å². The summed E-state index contributed by atoms with van der Waals surface area (Å²) in [5, 5.41) is 6.17. The molecule has 1 amide bonds. The minimum Gasteiger partial charge on any atom is -0.459 e. The minimum absolute atomic E-state index is 0.0389. The van der Waals surface area contributed by atoms with Crippen molar-refractivity contribution in [3.8, 4) is 0 Å². The van der Waals surface area contributed by atoms with Crippen LogP contribution in [0.15, 0.2) is 28.1 Å². The van der Waals surface area contributed by atoms with Gasteiger partial charge in [0, 0.05) is 17.9 Å². The molecule has 0 aliphatic carbocycles. The second-order valence-corrected chi connectivity index (χ2v) is 7.67. The molecule has 0 atom stereocenters. The SMILES string of the molecule is CC(=O)N(c1nc(COC(=O)Cc2c(C)noc2C)cs1)c1cccc(C)c1C. The van der Waals surface area contributed by atoms with Crippen LogP contribution in [0.1, 0.15) is 40.8 Å². The van der Waals surface area contributed by atoms with Gasteiger partial charge in [-0.05, 0) is 44.9 Å². The molecule has 152 valence electrons. The van der Waals surface area contributed by atoms with E-state index in [0.29, 0.717) is 22.3 Å². The Morgan fingerprint density at radius 1 is 1.21 bits per heavy atom. The molecule has 3 aromatic rings. The minimum atomic E-state index is -0.382. The second kappa shape index (κ2) is 8.57. The molecule has 0 bridgehead atoms. The maximum atomic E-state index is 12.3. The van der Waals surface area contributed by atoms with Gasteiger partial charge in [-0.3, -0.25) is 14.5 Å². The standard InChI is InChI=1S/C21H23N3O4S/c1-12-7-6-8-19(13(12)2)24(16(5)25)21-22-17(11-29-21)10-27-20(26)9-18-14(3)23-28-15(18)4/h6-8,11H,9-10H2,1-5H3. The van der Waals surface area contributed by atoms with Crippen molar-refractivity contribution >= 4 is 34.0 Å². The number of amides is 1. The van der Waals surface area contributed by atoms with Crippen LogP contribution in [0.2, 0.25) is 0 Å². The van der Waals surface area contributed by atoms with Gasteiger partial charge < -0.3 is 9.26 Å². The number of anilines is 2. The van der Waals surface area contributed by atoms with Crippen LogP contribution in [0.3, 0.4) is 0 Å². The molecule has 0 saturated heterocycles. The maximum absolute atomic E-state index is 12.3. The number of hydrogen-bond donors (Lipinski definition) is 0. The number of carbonyl (C=O) groups is 2. The molecule has 0 spiro atoms. The van der Waals surface area contributed by atoms with Crippen LogP contribution in [0.5, 0.6) is 0 Å². The molecular weight excluding hydrogens is 390 g/mol. The van der Waals surface area contributed by atoms with E-state index in [-0.39, 0.29) is 24.9 Å². The zero-order valence-corrected chi connectivity index (χ0v) is 17.9. The lowest BCUT2D eigenvalue weighted by Crippen LogP contribution is -2.23. The molecular formula is C21H23N3O4S. The molecule has 2 aromatic heterocycles. The van der Waals surface area contributed by atoms with Gasteiger partial charge in [-0.15, -0.1) is 11.3 Å². The van der Waals surface area contributed by atoms with Crippen molar-refractivity contribution in [1.29, 1.82) is 0 Å². The van der Waals surface area contributed by atoms with Crippen LogP contribution in [-0.4, -0.2) is 22.0 Å². The van der Waals surface area contributed by atoms with Crippen LogP contribution in [0, 0.1) is 27.7 Å². The van der Waals surface area contributed by atoms with Gasteiger partial charge in [0.2, 0.25) is 5.91 Å². The third kappa shape index (κ3) is 4.54. The number of benzene rings is 1. The summed E-state index contributed by atoms with van der Waals surface area (Å²) in [6, 6.07) is 5.82. The molecule has 0 aliphatic heterocycles. The Labute approximate surface area is 173 Å². The molecule has 0 N–H and O–H groups in total. The second-order valence-electron chi connectivity index (χ2n) is 6.84. The molecule has 8 heteroatoms. The van der Waals surface area contributed by atoms with Crippen molar-refractivity contribution in [1.82, 2.24) is 10.1 Å². The topological polar surface area (TPSA) is 85.5 Å².